The lowest BCUT2D eigenvalue weighted by Crippen LogP contribution is -1.95. The summed E-state index contributed by atoms with van der Waals surface area (Å²) in [6.45, 7) is 0. The van der Waals surface area contributed by atoms with E-state index >= 15 is 0 Å². The highest BCUT2D eigenvalue weighted by Gasteiger charge is 2.52. The number of halogens is 2. The van der Waals surface area contributed by atoms with Crippen molar-refractivity contribution in [1.82, 2.24) is 0 Å². The lowest BCUT2D eigenvalue weighted by molar-refractivity contribution is 0.372. The number of aliphatic hydroxyl groups is 1. The summed E-state index contributed by atoms with van der Waals surface area (Å²) in [5, 5.41) is 9.54. The minimum absolute atomic E-state index is 0.365. The highest BCUT2D eigenvalue weighted by Crippen LogP contribution is 2.62. The molecule has 0 amide bonds. The predicted molar refractivity (Wildman–Crippen MR) is 54.9 cm³/mol. The molecule has 0 spiro atoms. The normalized spacial score (nSPS) is 41.6. The minimum Gasteiger partial charge on any atom is -0.511 e. The van der Waals surface area contributed by atoms with E-state index in [4.69, 9.17) is 0 Å². The van der Waals surface area contributed by atoms with E-state index in [1.165, 1.54) is 4.48 Å². The molecule has 11 heavy (non-hydrogen) atoms. The van der Waals surface area contributed by atoms with Crippen LogP contribution in [-0.4, -0.2) is 13.0 Å². The zero-order valence-electron chi connectivity index (χ0n) is 6.01. The van der Waals surface area contributed by atoms with Gasteiger partial charge in [0.2, 0.25) is 0 Å². The van der Waals surface area contributed by atoms with Crippen molar-refractivity contribution in [3.05, 3.63) is 20.8 Å². The van der Waals surface area contributed by atoms with Gasteiger partial charge in [-0.05, 0) is 32.4 Å². The molecule has 1 saturated carbocycles. The van der Waals surface area contributed by atoms with Gasteiger partial charge in [0.05, 0.1) is 4.48 Å². The molecule has 1 N–H and O–H groups in total. The molecule has 0 bridgehead atoms. The summed E-state index contributed by atoms with van der Waals surface area (Å²) in [6.07, 6.45) is 1.94. The molecule has 0 heterocycles. The Balaban J connectivity index is 2.40. The number of aliphatic hydroxyl groups excluding tert-OH is 1. The van der Waals surface area contributed by atoms with Crippen molar-refractivity contribution >= 4 is 39.7 Å². The van der Waals surface area contributed by atoms with E-state index < -0.39 is 0 Å². The molecule has 2 aliphatic rings. The van der Waals surface area contributed by atoms with E-state index in [1.807, 2.05) is 6.08 Å². The molecule has 3 atom stereocenters. The van der Waals surface area contributed by atoms with Crippen molar-refractivity contribution in [3.63, 3.8) is 0 Å². The minimum atomic E-state index is 0.365. The Morgan fingerprint density at radius 2 is 2.00 bits per heavy atom. The van der Waals surface area contributed by atoms with E-state index in [2.05, 4.69) is 39.7 Å². The van der Waals surface area contributed by atoms with E-state index in [9.17, 15) is 5.11 Å². The van der Waals surface area contributed by atoms with Crippen molar-refractivity contribution in [3.8, 4) is 0 Å². The van der Waals surface area contributed by atoms with E-state index in [-0.39, 0.29) is 0 Å². The lowest BCUT2D eigenvalue weighted by Gasteiger charge is -2.06. The molecular formula is C7H7BBr2O. The molecule has 2 aliphatic carbocycles. The van der Waals surface area contributed by atoms with Crippen LogP contribution in [0.5, 0.6) is 0 Å². The van der Waals surface area contributed by atoms with Gasteiger partial charge in [0.25, 0.3) is 0 Å². The number of hydrogen-bond acceptors (Lipinski definition) is 1. The summed E-state index contributed by atoms with van der Waals surface area (Å²) < 4.78 is 2.04. The van der Waals surface area contributed by atoms with Gasteiger partial charge in [-0.2, -0.15) is 0 Å². The Morgan fingerprint density at radius 1 is 1.36 bits per heavy atom. The monoisotopic (exact) mass is 276 g/mol. The summed E-state index contributed by atoms with van der Waals surface area (Å²) in [5.41, 5.74) is 0. The quantitative estimate of drug-likeness (QED) is 0.673. The Hall–Kier alpha value is 0.305. The van der Waals surface area contributed by atoms with Gasteiger partial charge in [-0.25, -0.2) is 0 Å². The van der Waals surface area contributed by atoms with Gasteiger partial charge < -0.3 is 5.11 Å². The van der Waals surface area contributed by atoms with Crippen molar-refractivity contribution in [2.24, 2.45) is 11.8 Å². The largest absolute Gasteiger partial charge is 0.511 e. The molecule has 0 aromatic heterocycles. The van der Waals surface area contributed by atoms with Crippen molar-refractivity contribution in [2.75, 3.05) is 0 Å². The molecule has 0 radical (unpaired) electrons. The third kappa shape index (κ3) is 1.03. The summed E-state index contributed by atoms with van der Waals surface area (Å²) in [5.74, 6) is 2.02. The van der Waals surface area contributed by atoms with E-state index in [1.54, 1.807) is 0 Å². The zero-order chi connectivity index (χ0) is 8.17. The van der Waals surface area contributed by atoms with Crippen LogP contribution in [0.4, 0.5) is 0 Å². The second-order valence-electron chi connectivity index (χ2n) is 3.17. The highest BCUT2D eigenvalue weighted by atomic mass is 79.9. The zero-order valence-corrected chi connectivity index (χ0v) is 9.18. The van der Waals surface area contributed by atoms with Gasteiger partial charge in [-0.1, -0.05) is 21.7 Å². The Kier molecular flexibility index (Phi) is 1.73. The third-order valence-corrected chi connectivity index (χ3v) is 3.92. The maximum Gasteiger partial charge on any atom is 0.110 e. The maximum absolute atomic E-state index is 9.54. The summed E-state index contributed by atoms with van der Waals surface area (Å²) >= 11 is 6.80. The second-order valence-corrected chi connectivity index (χ2v) is 4.94. The van der Waals surface area contributed by atoms with Gasteiger partial charge >= 0.3 is 0 Å². The van der Waals surface area contributed by atoms with Gasteiger partial charge in [-0.15, -0.1) is 0 Å². The molecule has 0 aromatic carbocycles. The molecule has 1 fully saturated rings. The first kappa shape index (κ1) is 7.93. The van der Waals surface area contributed by atoms with Crippen LogP contribution in [0.2, 0.25) is 5.82 Å². The standard InChI is InChI=1S/C7H7BBr2O/c8-6-4-2(9)1-3(10)7(11)5(4)6/h1,4-6,11H,8H2/t4-,5?,6?/m0/s1. The van der Waals surface area contributed by atoms with Crippen molar-refractivity contribution in [2.45, 2.75) is 5.82 Å². The SMILES string of the molecule is BC1C2C(O)=C(Br)C=C(Br)[C@H]12. The molecule has 0 aromatic rings. The fourth-order valence-electron chi connectivity index (χ4n) is 1.76. The average Bonchev–Trinajstić information content (AvgIpc) is 2.58. The molecule has 1 nitrogen and oxygen atoms in total. The van der Waals surface area contributed by atoms with Gasteiger partial charge in [0.15, 0.2) is 0 Å². The van der Waals surface area contributed by atoms with Crippen LogP contribution >= 0.6 is 31.9 Å². The van der Waals surface area contributed by atoms with Crippen LogP contribution < -0.4 is 0 Å². The first-order valence-electron chi connectivity index (χ1n) is 3.58. The average molecular weight is 278 g/mol. The Bertz CT molecular complexity index is 272. The molecule has 2 rings (SSSR count). The first-order chi connectivity index (χ1) is 5.13. The molecule has 4 heteroatoms. The lowest BCUT2D eigenvalue weighted by atomic mass is 9.99. The van der Waals surface area contributed by atoms with Crippen molar-refractivity contribution in [1.29, 1.82) is 0 Å². The Morgan fingerprint density at radius 3 is 2.64 bits per heavy atom. The second kappa shape index (κ2) is 2.39. The number of fused-ring (bicyclic) bond motifs is 1. The van der Waals surface area contributed by atoms with Crippen molar-refractivity contribution < 1.29 is 5.11 Å². The summed E-state index contributed by atoms with van der Waals surface area (Å²) in [4.78, 5) is 0. The van der Waals surface area contributed by atoms with E-state index in [0.29, 0.717) is 23.4 Å². The van der Waals surface area contributed by atoms with Crippen LogP contribution in [0.3, 0.4) is 0 Å². The molecule has 2 unspecified atom stereocenters. The van der Waals surface area contributed by atoms with Crippen LogP contribution in [-0.2, 0) is 0 Å². The van der Waals surface area contributed by atoms with Crippen LogP contribution in [0.1, 0.15) is 0 Å². The first-order valence-corrected chi connectivity index (χ1v) is 5.17. The summed E-state index contributed by atoms with van der Waals surface area (Å²) in [7, 11) is 2.16. The number of rotatable bonds is 0. The Labute approximate surface area is 83.2 Å². The number of hydrogen-bond donors (Lipinski definition) is 1. The molecule has 58 valence electrons. The molecule has 0 saturated heterocycles. The van der Waals surface area contributed by atoms with Gasteiger partial charge in [-0.3, -0.25) is 0 Å². The van der Waals surface area contributed by atoms with Gasteiger partial charge in [0, 0.05) is 5.92 Å². The molecular weight excluding hydrogens is 271 g/mol. The van der Waals surface area contributed by atoms with Gasteiger partial charge in [0.1, 0.15) is 13.6 Å². The van der Waals surface area contributed by atoms with Crippen LogP contribution in [0.15, 0.2) is 20.8 Å². The summed E-state index contributed by atoms with van der Waals surface area (Å²) in [6, 6.07) is 0. The molecule has 0 aliphatic heterocycles. The fourth-order valence-corrected chi connectivity index (χ4v) is 3.50. The number of allylic oxidation sites excluding steroid dienone is 4. The smallest absolute Gasteiger partial charge is 0.110 e. The van der Waals surface area contributed by atoms with Crippen LogP contribution in [0, 0.1) is 11.8 Å². The highest BCUT2D eigenvalue weighted by molar-refractivity contribution is 9.12. The van der Waals surface area contributed by atoms with E-state index in [0.717, 1.165) is 4.48 Å². The third-order valence-electron chi connectivity index (χ3n) is 2.52. The fraction of sp³-hybridized carbons (Fsp3) is 0.429. The predicted octanol–water partition coefficient (Wildman–Crippen LogP) is 2.11. The topological polar surface area (TPSA) is 20.2 Å². The maximum atomic E-state index is 9.54. The van der Waals surface area contributed by atoms with Crippen LogP contribution in [0.25, 0.3) is 0 Å².